The van der Waals surface area contributed by atoms with Crippen LogP contribution in [0.2, 0.25) is 0 Å². The Kier molecular flexibility index (Phi) is 5.24. The van der Waals surface area contributed by atoms with E-state index < -0.39 is 0 Å². The molecule has 2 heteroatoms. The Bertz CT molecular complexity index is 343. The molecule has 0 saturated heterocycles. The molecule has 0 saturated carbocycles. The first-order valence-corrected chi connectivity index (χ1v) is 6.74. The number of rotatable bonds is 6. The van der Waals surface area contributed by atoms with Gasteiger partial charge in [0.1, 0.15) is 0 Å². The van der Waals surface area contributed by atoms with Crippen molar-refractivity contribution < 1.29 is 0 Å². The summed E-state index contributed by atoms with van der Waals surface area (Å²) >= 11 is 0. The number of nitrogens with zero attached hydrogens (tertiary/aromatic N) is 1. The summed E-state index contributed by atoms with van der Waals surface area (Å²) in [4.78, 5) is 4.31. The highest BCUT2D eigenvalue weighted by atomic mass is 14.8. The molecule has 1 N–H and O–H groups in total. The van der Waals surface area contributed by atoms with E-state index in [1.54, 1.807) is 5.57 Å². The molecule has 17 heavy (non-hydrogen) atoms. The molecule has 1 aliphatic carbocycles. The third kappa shape index (κ3) is 4.70. The van der Waals surface area contributed by atoms with E-state index in [0.717, 1.165) is 19.5 Å². The van der Waals surface area contributed by atoms with Crippen LogP contribution >= 0.6 is 0 Å². The van der Waals surface area contributed by atoms with E-state index in [4.69, 9.17) is 0 Å². The van der Waals surface area contributed by atoms with E-state index in [1.165, 1.54) is 37.8 Å². The van der Waals surface area contributed by atoms with Crippen molar-refractivity contribution in [1.82, 2.24) is 10.3 Å². The number of pyridine rings is 1. The fourth-order valence-electron chi connectivity index (χ4n) is 2.27. The van der Waals surface area contributed by atoms with E-state index >= 15 is 0 Å². The lowest BCUT2D eigenvalue weighted by Gasteiger charge is -2.12. The highest BCUT2D eigenvalue weighted by molar-refractivity contribution is 5.05. The predicted octanol–water partition coefficient (Wildman–Crippen LogP) is 3.10. The zero-order valence-corrected chi connectivity index (χ0v) is 10.5. The average molecular weight is 230 g/mol. The third-order valence-electron chi connectivity index (χ3n) is 3.29. The smallest absolute Gasteiger partial charge is 0.0416 e. The summed E-state index contributed by atoms with van der Waals surface area (Å²) in [5.74, 6) is 0. The van der Waals surface area contributed by atoms with Crippen molar-refractivity contribution in [2.75, 3.05) is 13.1 Å². The topological polar surface area (TPSA) is 24.9 Å². The largest absolute Gasteiger partial charge is 0.316 e. The van der Waals surface area contributed by atoms with Crippen LogP contribution in [0.3, 0.4) is 0 Å². The molecule has 0 aromatic carbocycles. The van der Waals surface area contributed by atoms with E-state index in [1.807, 2.05) is 12.3 Å². The molecule has 2 nitrogen and oxygen atoms in total. The highest BCUT2D eigenvalue weighted by Gasteiger charge is 2.02. The van der Waals surface area contributed by atoms with Gasteiger partial charge in [0.15, 0.2) is 0 Å². The molecule has 0 spiro atoms. The first kappa shape index (κ1) is 12.3. The molecule has 0 aliphatic heterocycles. The Labute approximate surface area is 104 Å². The second-order valence-corrected chi connectivity index (χ2v) is 4.68. The molecule has 0 fully saturated rings. The van der Waals surface area contributed by atoms with Gasteiger partial charge in [0.05, 0.1) is 0 Å². The van der Waals surface area contributed by atoms with Crippen LogP contribution in [0.25, 0.3) is 0 Å². The average Bonchev–Trinajstić information content (AvgIpc) is 2.41. The van der Waals surface area contributed by atoms with Crippen LogP contribution < -0.4 is 5.32 Å². The first-order valence-electron chi connectivity index (χ1n) is 6.74. The molecule has 2 rings (SSSR count). The zero-order chi connectivity index (χ0) is 11.8. The molecule has 1 aliphatic rings. The molecular weight excluding hydrogens is 208 g/mol. The number of allylic oxidation sites excluding steroid dienone is 1. The van der Waals surface area contributed by atoms with Crippen molar-refractivity contribution in [1.29, 1.82) is 0 Å². The van der Waals surface area contributed by atoms with Crippen LogP contribution in [0.4, 0.5) is 0 Å². The lowest BCUT2D eigenvalue weighted by atomic mass is 9.97. The van der Waals surface area contributed by atoms with Gasteiger partial charge in [-0.1, -0.05) is 17.7 Å². The summed E-state index contributed by atoms with van der Waals surface area (Å²) in [6.07, 6.45) is 11.9. The van der Waals surface area contributed by atoms with Crippen LogP contribution in [-0.2, 0) is 6.42 Å². The van der Waals surface area contributed by atoms with Gasteiger partial charge < -0.3 is 5.32 Å². The van der Waals surface area contributed by atoms with E-state index in [0.29, 0.717) is 0 Å². The maximum atomic E-state index is 4.31. The zero-order valence-electron chi connectivity index (χ0n) is 10.5. The van der Waals surface area contributed by atoms with E-state index in [-0.39, 0.29) is 0 Å². The molecule has 0 unspecified atom stereocenters. The fraction of sp³-hybridized carbons (Fsp3) is 0.533. The molecule has 0 bridgehead atoms. The van der Waals surface area contributed by atoms with Gasteiger partial charge in [0.2, 0.25) is 0 Å². The van der Waals surface area contributed by atoms with Gasteiger partial charge >= 0.3 is 0 Å². The SMILES string of the molecule is C1=C(CCNCCc2ccccn2)CCCC1. The quantitative estimate of drug-likeness (QED) is 0.600. The summed E-state index contributed by atoms with van der Waals surface area (Å²) < 4.78 is 0. The van der Waals surface area contributed by atoms with Crippen molar-refractivity contribution >= 4 is 0 Å². The first-order chi connectivity index (χ1) is 8.45. The van der Waals surface area contributed by atoms with Crippen LogP contribution in [0.1, 0.15) is 37.8 Å². The molecule has 1 aromatic rings. The maximum absolute atomic E-state index is 4.31. The normalized spacial score (nSPS) is 15.6. The minimum absolute atomic E-state index is 1.03. The summed E-state index contributed by atoms with van der Waals surface area (Å²) in [5.41, 5.74) is 2.83. The Morgan fingerprint density at radius 1 is 1.12 bits per heavy atom. The van der Waals surface area contributed by atoms with E-state index in [9.17, 15) is 0 Å². The van der Waals surface area contributed by atoms with Crippen LogP contribution in [0.15, 0.2) is 36.0 Å². The van der Waals surface area contributed by atoms with Gasteiger partial charge in [-0.2, -0.15) is 0 Å². The molecule has 0 radical (unpaired) electrons. The van der Waals surface area contributed by atoms with Crippen LogP contribution in [0, 0.1) is 0 Å². The number of hydrogen-bond donors (Lipinski definition) is 1. The molecule has 0 atom stereocenters. The van der Waals surface area contributed by atoms with Crippen molar-refractivity contribution in [3.05, 3.63) is 41.7 Å². The summed E-state index contributed by atoms with van der Waals surface area (Å²) in [6.45, 7) is 2.14. The van der Waals surface area contributed by atoms with Crippen molar-refractivity contribution in [2.24, 2.45) is 0 Å². The van der Waals surface area contributed by atoms with E-state index in [2.05, 4.69) is 28.5 Å². The van der Waals surface area contributed by atoms with Gasteiger partial charge in [-0.15, -0.1) is 0 Å². The van der Waals surface area contributed by atoms with Crippen molar-refractivity contribution in [3.63, 3.8) is 0 Å². The standard InChI is InChI=1S/C15H22N2/c1-2-6-14(7-3-1)9-12-16-13-10-15-8-4-5-11-17-15/h4-6,8,11,16H,1-3,7,9-10,12-13H2. The second-order valence-electron chi connectivity index (χ2n) is 4.68. The lowest BCUT2D eigenvalue weighted by molar-refractivity contribution is 0.629. The maximum Gasteiger partial charge on any atom is 0.0416 e. The molecule has 1 aromatic heterocycles. The van der Waals surface area contributed by atoms with Gasteiger partial charge in [-0.25, -0.2) is 0 Å². The Morgan fingerprint density at radius 3 is 2.82 bits per heavy atom. The summed E-state index contributed by atoms with van der Waals surface area (Å²) in [7, 11) is 0. The van der Waals surface area contributed by atoms with Gasteiger partial charge in [-0.3, -0.25) is 4.98 Å². The van der Waals surface area contributed by atoms with Crippen molar-refractivity contribution in [3.8, 4) is 0 Å². The third-order valence-corrected chi connectivity index (χ3v) is 3.29. The van der Waals surface area contributed by atoms with Crippen LogP contribution in [-0.4, -0.2) is 18.1 Å². The number of hydrogen-bond acceptors (Lipinski definition) is 2. The Morgan fingerprint density at radius 2 is 2.06 bits per heavy atom. The van der Waals surface area contributed by atoms with Gasteiger partial charge in [-0.05, 0) is 50.8 Å². The van der Waals surface area contributed by atoms with Crippen molar-refractivity contribution in [2.45, 2.75) is 38.5 Å². The fourth-order valence-corrected chi connectivity index (χ4v) is 2.27. The molecule has 1 heterocycles. The number of nitrogens with one attached hydrogen (secondary N) is 1. The monoisotopic (exact) mass is 230 g/mol. The Balaban J connectivity index is 1.56. The van der Waals surface area contributed by atoms with Crippen LogP contribution in [0.5, 0.6) is 0 Å². The summed E-state index contributed by atoms with van der Waals surface area (Å²) in [5, 5.41) is 3.50. The molecule has 92 valence electrons. The van der Waals surface area contributed by atoms with Gasteiger partial charge in [0.25, 0.3) is 0 Å². The molecule has 0 amide bonds. The minimum atomic E-state index is 1.03. The highest BCUT2D eigenvalue weighted by Crippen LogP contribution is 2.19. The molecular formula is C15H22N2. The lowest BCUT2D eigenvalue weighted by Crippen LogP contribution is -2.19. The predicted molar refractivity (Wildman–Crippen MR) is 72.0 cm³/mol. The number of aromatic nitrogens is 1. The summed E-state index contributed by atoms with van der Waals surface area (Å²) in [6, 6.07) is 6.10. The van der Waals surface area contributed by atoms with Gasteiger partial charge in [0, 0.05) is 24.9 Å². The Hall–Kier alpha value is -1.15. The minimum Gasteiger partial charge on any atom is -0.316 e. The second kappa shape index (κ2) is 7.23.